The maximum Gasteiger partial charge on any atom is 2.00 e. The molecule has 0 aliphatic carbocycles. The van der Waals surface area contributed by atoms with Gasteiger partial charge in [-0.1, -0.05) is 0 Å². The molecule has 0 aliphatic heterocycles. The average molecular weight is 222 g/mol. The average Bonchev–Trinajstić information content (AvgIpc) is 0. The van der Waals surface area contributed by atoms with E-state index >= 15 is 0 Å². The SMILES string of the molecule is O.O.[Co+2].[I-]. The summed E-state index contributed by atoms with van der Waals surface area (Å²) in [6.07, 6.45) is 0. The first-order valence-electron chi connectivity index (χ1n) is 0. The van der Waals surface area contributed by atoms with E-state index in [-0.39, 0.29) is 51.7 Å². The Morgan fingerprint density at radius 3 is 0.750 bits per heavy atom. The van der Waals surface area contributed by atoms with Crippen molar-refractivity contribution in [3.63, 3.8) is 0 Å². The first-order chi connectivity index (χ1) is 0. The molecule has 0 aromatic heterocycles. The van der Waals surface area contributed by atoms with Crippen molar-refractivity contribution in [2.75, 3.05) is 0 Å². The Bertz CT molecular complexity index is 6.00. The molecule has 0 amide bonds. The molecule has 1 radical (unpaired) electrons. The summed E-state index contributed by atoms with van der Waals surface area (Å²) in [5.74, 6) is 0. The van der Waals surface area contributed by atoms with Crippen LogP contribution in [0.4, 0.5) is 0 Å². The zero-order valence-electron chi connectivity index (χ0n) is 1.71. The Morgan fingerprint density at radius 2 is 0.750 bits per heavy atom. The Kier molecular flexibility index (Phi) is 516. The van der Waals surface area contributed by atoms with Crippen molar-refractivity contribution in [3.05, 3.63) is 0 Å². The van der Waals surface area contributed by atoms with Gasteiger partial charge in [0.15, 0.2) is 0 Å². The van der Waals surface area contributed by atoms with Gasteiger partial charge in [-0.15, -0.1) is 0 Å². The minimum atomic E-state index is 0. The number of rotatable bonds is 0. The second kappa shape index (κ2) is 31.0. The maximum absolute atomic E-state index is 0. The quantitative estimate of drug-likeness (QED) is 0.370. The van der Waals surface area contributed by atoms with Crippen LogP contribution < -0.4 is 24.0 Å². The maximum atomic E-state index is 0. The summed E-state index contributed by atoms with van der Waals surface area (Å²) < 4.78 is 0. The molecule has 0 bridgehead atoms. The third kappa shape index (κ3) is 11.0. The minimum Gasteiger partial charge on any atom is -1.00 e. The molecule has 4 heteroatoms. The topological polar surface area (TPSA) is 63.0 Å². The Labute approximate surface area is 51.8 Å². The molecule has 2 nitrogen and oxygen atoms in total. The Hall–Kier alpha value is 1.16. The zero-order valence-corrected chi connectivity index (χ0v) is 4.91. The summed E-state index contributed by atoms with van der Waals surface area (Å²) in [6.45, 7) is 0. The molecule has 0 spiro atoms. The van der Waals surface area contributed by atoms with Crippen LogP contribution in [0.5, 0.6) is 0 Å². The molecule has 0 saturated heterocycles. The van der Waals surface area contributed by atoms with Gasteiger partial charge in [0, 0.05) is 0 Å². The predicted molar refractivity (Wildman–Crippen MR) is 7.23 cm³/mol. The van der Waals surface area contributed by atoms with Gasteiger partial charge in [-0.2, -0.15) is 0 Å². The summed E-state index contributed by atoms with van der Waals surface area (Å²) in [7, 11) is 0. The van der Waals surface area contributed by atoms with Crippen LogP contribution in [0.3, 0.4) is 0 Å². The van der Waals surface area contributed by atoms with Crippen molar-refractivity contribution in [1.82, 2.24) is 0 Å². The molecule has 4 N–H and O–H groups in total. The molecule has 0 rings (SSSR count). The molecule has 0 unspecified atom stereocenters. The summed E-state index contributed by atoms with van der Waals surface area (Å²) >= 11 is 0. The molecule has 0 aliphatic rings. The summed E-state index contributed by atoms with van der Waals surface area (Å²) in [5, 5.41) is 0. The van der Waals surface area contributed by atoms with Crippen molar-refractivity contribution in [1.29, 1.82) is 0 Å². The van der Waals surface area contributed by atoms with Gasteiger partial charge in [0.1, 0.15) is 0 Å². The number of hydrogen-bond donors (Lipinski definition) is 0. The van der Waals surface area contributed by atoms with Crippen molar-refractivity contribution in [2.24, 2.45) is 0 Å². The van der Waals surface area contributed by atoms with E-state index in [1.54, 1.807) is 0 Å². The van der Waals surface area contributed by atoms with Crippen molar-refractivity contribution in [3.8, 4) is 0 Å². The predicted octanol–water partition coefficient (Wildman–Crippen LogP) is -4.65. The van der Waals surface area contributed by atoms with Gasteiger partial charge < -0.3 is 34.9 Å². The van der Waals surface area contributed by atoms with Crippen molar-refractivity contribution in [2.45, 2.75) is 0 Å². The Morgan fingerprint density at radius 1 is 0.750 bits per heavy atom. The van der Waals surface area contributed by atoms with Crippen LogP contribution in [0.1, 0.15) is 0 Å². The van der Waals surface area contributed by atoms with Crippen LogP contribution in [0, 0.1) is 0 Å². The second-order valence-electron chi connectivity index (χ2n) is 0. The first-order valence-corrected chi connectivity index (χ1v) is 0. The van der Waals surface area contributed by atoms with Gasteiger partial charge in [0.05, 0.1) is 0 Å². The summed E-state index contributed by atoms with van der Waals surface area (Å²) in [4.78, 5) is 0. The molecular weight excluding hydrogens is 218 g/mol. The fraction of sp³-hybridized carbons (Fsp3) is 0. The van der Waals surface area contributed by atoms with Crippen LogP contribution in [-0.4, -0.2) is 11.0 Å². The third-order valence-electron chi connectivity index (χ3n) is 0. The van der Waals surface area contributed by atoms with E-state index in [2.05, 4.69) is 0 Å². The molecule has 4 heavy (non-hydrogen) atoms. The van der Waals surface area contributed by atoms with Crippen LogP contribution in [0.2, 0.25) is 0 Å². The van der Waals surface area contributed by atoms with Gasteiger partial charge in [0.2, 0.25) is 0 Å². The molecule has 0 aromatic carbocycles. The van der Waals surface area contributed by atoms with E-state index in [0.717, 1.165) is 0 Å². The molecule has 31 valence electrons. The van der Waals surface area contributed by atoms with Crippen molar-refractivity contribution >= 4 is 0 Å². The van der Waals surface area contributed by atoms with E-state index in [0.29, 0.717) is 0 Å². The summed E-state index contributed by atoms with van der Waals surface area (Å²) in [6, 6.07) is 0. The van der Waals surface area contributed by atoms with Crippen LogP contribution in [-0.2, 0) is 16.8 Å². The number of halogens is 1. The molecule has 0 saturated carbocycles. The van der Waals surface area contributed by atoms with E-state index in [1.165, 1.54) is 0 Å². The van der Waals surface area contributed by atoms with Crippen LogP contribution in [0.15, 0.2) is 0 Å². The minimum absolute atomic E-state index is 0. The van der Waals surface area contributed by atoms with Gasteiger partial charge in [-0.05, 0) is 0 Å². The summed E-state index contributed by atoms with van der Waals surface area (Å²) in [5.41, 5.74) is 0. The van der Waals surface area contributed by atoms with E-state index in [4.69, 9.17) is 0 Å². The standard InChI is InChI=1S/Co.HI.2H2O/h;1H;2*1H2/q+2;;;/p-1. The molecular formula is H4CoIO2+. The molecule has 0 atom stereocenters. The largest absolute Gasteiger partial charge is 2.00 e. The second-order valence-corrected chi connectivity index (χ2v) is 0. The Balaban J connectivity index is 0. The zero-order chi connectivity index (χ0) is 0. The number of hydrogen-bond acceptors (Lipinski definition) is 0. The van der Waals surface area contributed by atoms with Gasteiger partial charge in [0.25, 0.3) is 0 Å². The third-order valence-corrected chi connectivity index (χ3v) is 0. The van der Waals surface area contributed by atoms with Crippen LogP contribution >= 0.6 is 0 Å². The first kappa shape index (κ1) is 66.6. The monoisotopic (exact) mass is 222 g/mol. The molecule has 0 aromatic rings. The van der Waals surface area contributed by atoms with E-state index in [1.807, 2.05) is 0 Å². The normalized spacial score (nSPS) is 0. The van der Waals surface area contributed by atoms with Crippen molar-refractivity contribution < 1.29 is 51.7 Å². The fourth-order valence-corrected chi connectivity index (χ4v) is 0. The van der Waals surface area contributed by atoms with Gasteiger partial charge in [-0.25, -0.2) is 0 Å². The fourth-order valence-electron chi connectivity index (χ4n) is 0. The van der Waals surface area contributed by atoms with E-state index < -0.39 is 0 Å². The van der Waals surface area contributed by atoms with Gasteiger partial charge >= 0.3 is 16.8 Å². The molecule has 0 fully saturated rings. The molecule has 0 heterocycles. The smallest absolute Gasteiger partial charge is 1.00 e. The van der Waals surface area contributed by atoms with E-state index in [9.17, 15) is 0 Å². The van der Waals surface area contributed by atoms with Gasteiger partial charge in [-0.3, -0.25) is 0 Å². The van der Waals surface area contributed by atoms with Crippen LogP contribution in [0.25, 0.3) is 0 Å².